The average molecular weight is 184 g/mol. The van der Waals surface area contributed by atoms with Gasteiger partial charge in [-0.05, 0) is 37.0 Å². The monoisotopic (exact) mass is 184 g/mol. The molecule has 0 aromatic rings. The van der Waals surface area contributed by atoms with Gasteiger partial charge < -0.3 is 5.11 Å². The van der Waals surface area contributed by atoms with Crippen LogP contribution in [0.2, 0.25) is 0 Å². The van der Waals surface area contributed by atoms with Crippen LogP contribution in [0.5, 0.6) is 0 Å². The SMILES string of the molecule is CC[C@@]1(O)C[C@H](C)CC[C@H]1C(C)C. The lowest BCUT2D eigenvalue weighted by atomic mass is 9.66. The van der Waals surface area contributed by atoms with Crippen molar-refractivity contribution in [2.45, 2.75) is 59.0 Å². The fourth-order valence-corrected chi connectivity index (χ4v) is 2.95. The molecule has 0 aromatic heterocycles. The Balaban J connectivity index is 2.72. The molecule has 0 aliphatic heterocycles. The summed E-state index contributed by atoms with van der Waals surface area (Å²) in [6.45, 7) is 8.85. The van der Waals surface area contributed by atoms with Crippen molar-refractivity contribution in [3.63, 3.8) is 0 Å². The predicted molar refractivity (Wildman–Crippen MR) is 56.6 cm³/mol. The fraction of sp³-hybridized carbons (Fsp3) is 1.00. The third-order valence-corrected chi connectivity index (χ3v) is 3.78. The molecule has 0 amide bonds. The quantitative estimate of drug-likeness (QED) is 0.698. The summed E-state index contributed by atoms with van der Waals surface area (Å²) in [6.07, 6.45) is 4.43. The Hall–Kier alpha value is -0.0400. The molecule has 13 heavy (non-hydrogen) atoms. The molecule has 0 spiro atoms. The van der Waals surface area contributed by atoms with E-state index in [1.807, 2.05) is 0 Å². The molecule has 1 N–H and O–H groups in total. The molecule has 78 valence electrons. The number of aliphatic hydroxyl groups is 1. The highest BCUT2D eigenvalue weighted by molar-refractivity contribution is 4.92. The van der Waals surface area contributed by atoms with Crippen molar-refractivity contribution in [1.29, 1.82) is 0 Å². The molecule has 1 heteroatoms. The molecule has 1 nitrogen and oxygen atoms in total. The molecular formula is C12H24O. The summed E-state index contributed by atoms with van der Waals surface area (Å²) in [5.74, 6) is 1.85. The van der Waals surface area contributed by atoms with Crippen LogP contribution in [0.25, 0.3) is 0 Å². The normalized spacial score (nSPS) is 41.1. The van der Waals surface area contributed by atoms with E-state index in [4.69, 9.17) is 0 Å². The summed E-state index contributed by atoms with van der Waals surface area (Å²) in [5, 5.41) is 10.5. The molecule has 1 aliphatic rings. The van der Waals surface area contributed by atoms with Gasteiger partial charge in [-0.2, -0.15) is 0 Å². The van der Waals surface area contributed by atoms with Gasteiger partial charge in [-0.3, -0.25) is 0 Å². The van der Waals surface area contributed by atoms with E-state index in [2.05, 4.69) is 27.7 Å². The second-order valence-corrected chi connectivity index (χ2v) is 5.19. The number of hydrogen-bond acceptors (Lipinski definition) is 1. The van der Waals surface area contributed by atoms with E-state index in [9.17, 15) is 5.11 Å². The minimum Gasteiger partial charge on any atom is -0.390 e. The zero-order valence-electron chi connectivity index (χ0n) is 9.51. The van der Waals surface area contributed by atoms with Crippen LogP contribution >= 0.6 is 0 Å². The summed E-state index contributed by atoms with van der Waals surface area (Å²) in [6, 6.07) is 0. The summed E-state index contributed by atoms with van der Waals surface area (Å²) < 4.78 is 0. The molecule has 0 bridgehead atoms. The molecule has 1 fully saturated rings. The van der Waals surface area contributed by atoms with E-state index < -0.39 is 0 Å². The van der Waals surface area contributed by atoms with Crippen molar-refractivity contribution >= 4 is 0 Å². The van der Waals surface area contributed by atoms with Crippen molar-refractivity contribution in [3.05, 3.63) is 0 Å². The zero-order valence-corrected chi connectivity index (χ0v) is 9.51. The van der Waals surface area contributed by atoms with Crippen LogP contribution in [0, 0.1) is 17.8 Å². The maximum atomic E-state index is 10.5. The molecule has 1 aliphatic carbocycles. The van der Waals surface area contributed by atoms with Gasteiger partial charge in [0.05, 0.1) is 5.60 Å². The lowest BCUT2D eigenvalue weighted by Crippen LogP contribution is -2.44. The second-order valence-electron chi connectivity index (χ2n) is 5.19. The maximum Gasteiger partial charge on any atom is 0.0678 e. The Kier molecular flexibility index (Phi) is 3.39. The summed E-state index contributed by atoms with van der Waals surface area (Å²) >= 11 is 0. The third-order valence-electron chi connectivity index (χ3n) is 3.78. The van der Waals surface area contributed by atoms with Gasteiger partial charge in [0.2, 0.25) is 0 Å². The summed E-state index contributed by atoms with van der Waals surface area (Å²) in [4.78, 5) is 0. The lowest BCUT2D eigenvalue weighted by Gasteiger charge is -2.44. The van der Waals surface area contributed by atoms with Gasteiger partial charge in [-0.1, -0.05) is 34.1 Å². The first-order valence-electron chi connectivity index (χ1n) is 5.72. The van der Waals surface area contributed by atoms with E-state index in [0.29, 0.717) is 17.8 Å². The van der Waals surface area contributed by atoms with Gasteiger partial charge in [0.15, 0.2) is 0 Å². The Morgan fingerprint density at radius 1 is 1.38 bits per heavy atom. The van der Waals surface area contributed by atoms with Crippen molar-refractivity contribution in [2.75, 3.05) is 0 Å². The third kappa shape index (κ3) is 2.25. The van der Waals surface area contributed by atoms with Crippen molar-refractivity contribution in [1.82, 2.24) is 0 Å². The van der Waals surface area contributed by atoms with Crippen molar-refractivity contribution in [3.8, 4) is 0 Å². The van der Waals surface area contributed by atoms with Gasteiger partial charge in [0.25, 0.3) is 0 Å². The van der Waals surface area contributed by atoms with Crippen LogP contribution in [0.15, 0.2) is 0 Å². The van der Waals surface area contributed by atoms with Gasteiger partial charge in [0, 0.05) is 0 Å². The molecule has 1 rings (SSSR count). The van der Waals surface area contributed by atoms with E-state index in [1.54, 1.807) is 0 Å². The first-order valence-corrected chi connectivity index (χ1v) is 5.72. The highest BCUT2D eigenvalue weighted by Gasteiger charge is 2.40. The molecule has 0 unspecified atom stereocenters. The largest absolute Gasteiger partial charge is 0.390 e. The Morgan fingerprint density at radius 2 is 2.00 bits per heavy atom. The molecule has 0 radical (unpaired) electrons. The summed E-state index contributed by atoms with van der Waals surface area (Å²) in [7, 11) is 0. The van der Waals surface area contributed by atoms with Crippen molar-refractivity contribution in [2.24, 2.45) is 17.8 Å². The van der Waals surface area contributed by atoms with Crippen LogP contribution < -0.4 is 0 Å². The zero-order chi connectivity index (χ0) is 10.1. The Morgan fingerprint density at radius 3 is 2.46 bits per heavy atom. The lowest BCUT2D eigenvalue weighted by molar-refractivity contribution is -0.0824. The van der Waals surface area contributed by atoms with E-state index in [0.717, 1.165) is 12.8 Å². The van der Waals surface area contributed by atoms with Gasteiger partial charge in [0.1, 0.15) is 0 Å². The van der Waals surface area contributed by atoms with Crippen LogP contribution in [-0.4, -0.2) is 10.7 Å². The van der Waals surface area contributed by atoms with E-state index >= 15 is 0 Å². The minimum absolute atomic E-state index is 0.369. The highest BCUT2D eigenvalue weighted by Crippen LogP contribution is 2.42. The molecule has 0 aromatic carbocycles. The molecular weight excluding hydrogens is 160 g/mol. The summed E-state index contributed by atoms with van der Waals surface area (Å²) in [5.41, 5.74) is -0.369. The maximum absolute atomic E-state index is 10.5. The smallest absolute Gasteiger partial charge is 0.0678 e. The molecule has 3 atom stereocenters. The number of hydrogen-bond donors (Lipinski definition) is 1. The van der Waals surface area contributed by atoms with Crippen LogP contribution in [-0.2, 0) is 0 Å². The topological polar surface area (TPSA) is 20.2 Å². The minimum atomic E-state index is -0.369. The first kappa shape index (κ1) is 11.0. The van der Waals surface area contributed by atoms with Crippen LogP contribution in [0.1, 0.15) is 53.4 Å². The van der Waals surface area contributed by atoms with E-state index in [-0.39, 0.29) is 5.60 Å². The average Bonchev–Trinajstić information content (AvgIpc) is 2.03. The second kappa shape index (κ2) is 4.00. The van der Waals surface area contributed by atoms with Gasteiger partial charge in [-0.15, -0.1) is 0 Å². The highest BCUT2D eigenvalue weighted by atomic mass is 16.3. The standard InChI is InChI=1S/C12H24O/c1-5-12(13)8-10(4)6-7-11(12)9(2)3/h9-11,13H,5-8H2,1-4H3/t10-,11+,12-/m1/s1. The molecule has 1 saturated carbocycles. The van der Waals surface area contributed by atoms with Crippen LogP contribution in [0.4, 0.5) is 0 Å². The Bertz CT molecular complexity index is 165. The first-order chi connectivity index (χ1) is 5.99. The molecule has 0 saturated heterocycles. The van der Waals surface area contributed by atoms with Gasteiger partial charge in [-0.25, -0.2) is 0 Å². The predicted octanol–water partition coefficient (Wildman–Crippen LogP) is 3.22. The fourth-order valence-electron chi connectivity index (χ4n) is 2.95. The Labute approximate surface area is 82.5 Å². The number of rotatable bonds is 2. The van der Waals surface area contributed by atoms with E-state index in [1.165, 1.54) is 12.8 Å². The van der Waals surface area contributed by atoms with Crippen molar-refractivity contribution < 1.29 is 5.11 Å². The molecule has 0 heterocycles. The van der Waals surface area contributed by atoms with Gasteiger partial charge >= 0.3 is 0 Å². The van der Waals surface area contributed by atoms with Crippen LogP contribution in [0.3, 0.4) is 0 Å².